The number of ether oxygens (including phenoxy) is 1. The van der Waals surface area contributed by atoms with Gasteiger partial charge in [-0.15, -0.1) is 0 Å². The summed E-state index contributed by atoms with van der Waals surface area (Å²) in [5.74, 6) is 4.67. The quantitative estimate of drug-likeness (QED) is 0.586. The van der Waals surface area contributed by atoms with Gasteiger partial charge >= 0.3 is 0 Å². The summed E-state index contributed by atoms with van der Waals surface area (Å²) in [6, 6.07) is 4.69. The molecule has 1 aromatic rings. The molecule has 4 N–H and O–H groups in total. The second-order valence-electron chi connectivity index (χ2n) is 3.63. The zero-order valence-corrected chi connectivity index (χ0v) is 10.8. The van der Waals surface area contributed by atoms with Gasteiger partial charge in [0.05, 0.1) is 10.2 Å². The monoisotopic (exact) mass is 315 g/mol. The molecule has 2 rings (SSSR count). The van der Waals surface area contributed by atoms with Crippen LogP contribution in [0.3, 0.4) is 0 Å². The molecule has 7 heteroatoms. The topological polar surface area (TPSA) is 80.4 Å². The first-order valence-corrected chi connectivity index (χ1v) is 5.88. The first kappa shape index (κ1) is 13.0. The largest absolute Gasteiger partial charge is 0.472 e. The fraction of sp³-hybridized carbons (Fsp3) is 0.182. The highest BCUT2D eigenvalue weighted by molar-refractivity contribution is 9.10. The maximum Gasteiger partial charge on any atom is 0.195 e. The van der Waals surface area contributed by atoms with E-state index in [1.54, 1.807) is 12.1 Å². The van der Waals surface area contributed by atoms with E-state index in [1.165, 1.54) is 12.3 Å². The van der Waals surface area contributed by atoms with Crippen molar-refractivity contribution in [1.82, 2.24) is 5.32 Å². The molecule has 2 atom stereocenters. The van der Waals surface area contributed by atoms with Crippen LogP contribution >= 0.6 is 15.9 Å². The molecule has 96 valence electrons. The summed E-state index contributed by atoms with van der Waals surface area (Å²) >= 11 is 3.08. The lowest BCUT2D eigenvalue weighted by molar-refractivity contribution is 0.118. The van der Waals surface area contributed by atoms with Gasteiger partial charge in [-0.2, -0.15) is 0 Å². The summed E-state index contributed by atoms with van der Waals surface area (Å²) < 4.78 is 19.1. The van der Waals surface area contributed by atoms with Gasteiger partial charge in [0.1, 0.15) is 12.1 Å². The lowest BCUT2D eigenvalue weighted by Crippen LogP contribution is -2.29. The maximum atomic E-state index is 13.4. The molecule has 1 heterocycles. The van der Waals surface area contributed by atoms with E-state index in [1.807, 2.05) is 0 Å². The lowest BCUT2D eigenvalue weighted by atomic mass is 10.2. The van der Waals surface area contributed by atoms with Crippen LogP contribution in [0.4, 0.5) is 4.39 Å². The lowest BCUT2D eigenvalue weighted by Gasteiger charge is -2.15. The summed E-state index contributed by atoms with van der Waals surface area (Å²) in [6.45, 7) is 0. The Balaban J connectivity index is 2.10. The first-order chi connectivity index (χ1) is 8.65. The van der Waals surface area contributed by atoms with E-state index >= 15 is 0 Å². The fourth-order valence-corrected chi connectivity index (χ4v) is 1.80. The molecule has 0 aromatic heterocycles. The van der Waals surface area contributed by atoms with E-state index in [2.05, 4.69) is 26.1 Å². The van der Waals surface area contributed by atoms with E-state index in [-0.39, 0.29) is 5.82 Å². The number of halogens is 2. The Morgan fingerprint density at radius 1 is 1.61 bits per heavy atom. The molecule has 0 bridgehead atoms. The number of nitrogens with one attached hydrogen (secondary N) is 2. The molecule has 0 aliphatic carbocycles. The van der Waals surface area contributed by atoms with Crippen molar-refractivity contribution < 1.29 is 14.0 Å². The molecule has 0 spiro atoms. The number of benzene rings is 1. The van der Waals surface area contributed by atoms with Crippen LogP contribution < -0.4 is 11.2 Å². The first-order valence-electron chi connectivity index (χ1n) is 5.09. The predicted octanol–water partition coefficient (Wildman–Crippen LogP) is 1.96. The summed E-state index contributed by atoms with van der Waals surface area (Å²) in [4.78, 5) is 4.58. The third kappa shape index (κ3) is 2.53. The third-order valence-corrected chi connectivity index (χ3v) is 3.12. The third-order valence-electron chi connectivity index (χ3n) is 2.48. The molecule has 0 radical (unpaired) electrons. The van der Waals surface area contributed by atoms with Crippen LogP contribution in [0.15, 0.2) is 34.6 Å². The van der Waals surface area contributed by atoms with Crippen LogP contribution in [0, 0.1) is 11.2 Å². The highest BCUT2D eigenvalue weighted by atomic mass is 79.9. The van der Waals surface area contributed by atoms with E-state index in [9.17, 15) is 4.39 Å². The van der Waals surface area contributed by atoms with Crippen molar-refractivity contribution in [3.8, 4) is 0 Å². The van der Waals surface area contributed by atoms with E-state index < -0.39 is 12.3 Å². The Kier molecular flexibility index (Phi) is 3.95. The van der Waals surface area contributed by atoms with Crippen molar-refractivity contribution >= 4 is 22.1 Å². The molecule has 0 amide bonds. The predicted molar refractivity (Wildman–Crippen MR) is 67.0 cm³/mol. The van der Waals surface area contributed by atoms with Crippen molar-refractivity contribution in [3.63, 3.8) is 0 Å². The van der Waals surface area contributed by atoms with Gasteiger partial charge in [-0.05, 0) is 28.1 Å². The van der Waals surface area contributed by atoms with Crippen molar-refractivity contribution in [3.05, 3.63) is 46.0 Å². The Hall–Kier alpha value is -1.44. The van der Waals surface area contributed by atoms with E-state index in [0.29, 0.717) is 15.7 Å². The summed E-state index contributed by atoms with van der Waals surface area (Å²) in [5, 5.41) is 10.1. The van der Waals surface area contributed by atoms with Crippen LogP contribution in [0.25, 0.3) is 0 Å². The van der Waals surface area contributed by atoms with Gasteiger partial charge < -0.3 is 15.5 Å². The molecule has 18 heavy (non-hydrogen) atoms. The van der Waals surface area contributed by atoms with Gasteiger partial charge in [0.2, 0.25) is 0 Å². The average molecular weight is 316 g/mol. The molecule has 0 fully saturated rings. The van der Waals surface area contributed by atoms with Gasteiger partial charge in [0.25, 0.3) is 0 Å². The van der Waals surface area contributed by atoms with Gasteiger partial charge in [-0.25, -0.2) is 10.3 Å². The van der Waals surface area contributed by atoms with Gasteiger partial charge in [-0.1, -0.05) is 6.07 Å². The zero-order chi connectivity index (χ0) is 13.1. The zero-order valence-electron chi connectivity index (χ0n) is 9.19. The minimum atomic E-state index is -0.699. The Morgan fingerprint density at radius 3 is 3.00 bits per heavy atom. The minimum Gasteiger partial charge on any atom is -0.472 e. The molecule has 5 nitrogen and oxygen atoms in total. The van der Waals surface area contributed by atoms with Crippen molar-refractivity contribution in [2.24, 2.45) is 5.90 Å². The molecule has 0 saturated heterocycles. The molecule has 1 aromatic carbocycles. The highest BCUT2D eigenvalue weighted by Gasteiger charge is 2.24. The molecular formula is C11H11BrFN3O2. The molecule has 2 unspecified atom stereocenters. The fourth-order valence-electron chi connectivity index (χ4n) is 1.55. The number of hydrogen-bond donors (Lipinski definition) is 3. The van der Waals surface area contributed by atoms with Crippen molar-refractivity contribution in [1.29, 1.82) is 5.41 Å². The second-order valence-corrected chi connectivity index (χ2v) is 4.48. The van der Waals surface area contributed by atoms with Crippen molar-refractivity contribution in [2.45, 2.75) is 12.3 Å². The van der Waals surface area contributed by atoms with Crippen LogP contribution in [0.2, 0.25) is 0 Å². The van der Waals surface area contributed by atoms with Gasteiger partial charge in [0, 0.05) is 11.8 Å². The molecule has 0 saturated carbocycles. The summed E-state index contributed by atoms with van der Waals surface area (Å²) in [6.07, 6.45) is 1.23. The Morgan fingerprint density at radius 2 is 2.39 bits per heavy atom. The molecule has 1 aliphatic heterocycles. The van der Waals surface area contributed by atoms with Crippen LogP contribution in [0.5, 0.6) is 0 Å². The standard InChI is InChI=1S/C11H11BrFN3O2/c12-7-2-1-6(3-8(7)13)11-16-9(5-17-11)10(4-14)18-15/h1-5,10-11,14,16H,15H2. The van der Waals surface area contributed by atoms with E-state index in [4.69, 9.17) is 16.0 Å². The minimum absolute atomic E-state index is 0.370. The second kappa shape index (κ2) is 5.47. The average Bonchev–Trinajstić information content (AvgIpc) is 2.84. The van der Waals surface area contributed by atoms with Crippen LogP contribution in [-0.4, -0.2) is 12.3 Å². The van der Waals surface area contributed by atoms with Gasteiger partial charge in [0.15, 0.2) is 12.3 Å². The molecular weight excluding hydrogens is 305 g/mol. The number of rotatable bonds is 4. The number of hydrogen-bond acceptors (Lipinski definition) is 5. The maximum absolute atomic E-state index is 13.4. The highest BCUT2D eigenvalue weighted by Crippen LogP contribution is 2.26. The Bertz CT molecular complexity index is 495. The summed E-state index contributed by atoms with van der Waals surface area (Å²) in [5.41, 5.74) is 1.14. The normalized spacial score (nSPS) is 19.7. The summed E-state index contributed by atoms with van der Waals surface area (Å²) in [7, 11) is 0. The van der Waals surface area contributed by atoms with Crippen LogP contribution in [0.1, 0.15) is 11.8 Å². The smallest absolute Gasteiger partial charge is 0.195 e. The number of nitrogens with two attached hydrogens (primary N) is 1. The SMILES string of the molecule is N=CC(ON)C1=COC(c2ccc(Br)c(F)c2)N1. The van der Waals surface area contributed by atoms with E-state index in [0.717, 1.165) is 6.21 Å². The molecule has 1 aliphatic rings. The van der Waals surface area contributed by atoms with Gasteiger partial charge in [-0.3, -0.25) is 4.84 Å². The van der Waals surface area contributed by atoms with Crippen LogP contribution in [-0.2, 0) is 9.57 Å². The Labute approximate surface area is 111 Å². The van der Waals surface area contributed by atoms with Crippen molar-refractivity contribution in [2.75, 3.05) is 0 Å².